The third kappa shape index (κ3) is 5.57. The van der Waals surface area contributed by atoms with Gasteiger partial charge in [0.05, 0.1) is 22.3 Å². The minimum atomic E-state index is -3.43. The first-order valence-electron chi connectivity index (χ1n) is 8.68. The number of hydrogen-bond acceptors (Lipinski definition) is 4. The number of benzene rings is 1. The van der Waals surface area contributed by atoms with Crippen LogP contribution in [0.3, 0.4) is 0 Å². The summed E-state index contributed by atoms with van der Waals surface area (Å²) in [5, 5.41) is 0.749. The molecule has 0 bridgehead atoms. The molecule has 146 valence electrons. The van der Waals surface area contributed by atoms with E-state index >= 15 is 0 Å². The maximum atomic E-state index is 12.6. The van der Waals surface area contributed by atoms with Gasteiger partial charge in [0.1, 0.15) is 0 Å². The van der Waals surface area contributed by atoms with E-state index in [9.17, 15) is 13.2 Å². The van der Waals surface area contributed by atoms with E-state index < -0.39 is 10.0 Å². The monoisotopic (exact) mass is 421 g/mol. The van der Waals surface area contributed by atoms with Crippen molar-refractivity contribution >= 4 is 39.1 Å². The molecule has 1 amide bonds. The van der Waals surface area contributed by atoms with Crippen molar-refractivity contribution in [2.24, 2.45) is 0 Å². The van der Waals surface area contributed by atoms with Gasteiger partial charge >= 0.3 is 0 Å². The van der Waals surface area contributed by atoms with Crippen LogP contribution < -0.4 is 0 Å². The third-order valence-corrected chi connectivity index (χ3v) is 7.12. The van der Waals surface area contributed by atoms with Crippen molar-refractivity contribution in [2.45, 2.75) is 19.6 Å². The van der Waals surface area contributed by atoms with Gasteiger partial charge in [-0.15, -0.1) is 0 Å². The van der Waals surface area contributed by atoms with Gasteiger partial charge in [-0.3, -0.25) is 9.69 Å². The molecule has 1 aromatic carbocycles. The van der Waals surface area contributed by atoms with Crippen molar-refractivity contribution in [3.05, 3.63) is 33.8 Å². The van der Waals surface area contributed by atoms with E-state index in [2.05, 4.69) is 0 Å². The number of carbonyl (C=O) groups is 1. The molecular weight excluding hydrogens is 397 g/mol. The van der Waals surface area contributed by atoms with Gasteiger partial charge in [-0.2, -0.15) is 4.31 Å². The van der Waals surface area contributed by atoms with Crippen LogP contribution in [0.2, 0.25) is 10.0 Å². The van der Waals surface area contributed by atoms with E-state index in [4.69, 9.17) is 23.2 Å². The van der Waals surface area contributed by atoms with Crippen LogP contribution in [-0.4, -0.2) is 74.2 Å². The minimum absolute atomic E-state index is 0.0853. The Morgan fingerprint density at radius 1 is 1.08 bits per heavy atom. The fourth-order valence-electron chi connectivity index (χ4n) is 2.96. The fraction of sp³-hybridized carbons (Fsp3) is 0.588. The molecule has 1 heterocycles. The Morgan fingerprint density at radius 3 is 2.23 bits per heavy atom. The molecule has 6 nitrogen and oxygen atoms in total. The van der Waals surface area contributed by atoms with Crippen LogP contribution in [-0.2, 0) is 20.6 Å². The number of amides is 1. The lowest BCUT2D eigenvalue weighted by Gasteiger charge is -2.34. The molecule has 0 atom stereocenters. The fourth-order valence-corrected chi connectivity index (χ4v) is 4.79. The highest BCUT2D eigenvalue weighted by Crippen LogP contribution is 2.24. The molecule has 0 aromatic heterocycles. The Hall–Kier alpha value is -0.860. The average Bonchev–Trinajstić information content (AvgIpc) is 2.59. The van der Waals surface area contributed by atoms with Crippen LogP contribution in [0.4, 0.5) is 0 Å². The third-order valence-electron chi connectivity index (χ3n) is 4.53. The predicted molar refractivity (Wildman–Crippen MR) is 105 cm³/mol. The van der Waals surface area contributed by atoms with Gasteiger partial charge in [-0.1, -0.05) is 29.3 Å². The molecule has 1 aliphatic rings. The number of nitrogens with zero attached hydrogens (tertiary/aromatic N) is 3. The second-order valence-corrected chi connectivity index (χ2v) is 9.03. The normalized spacial score (nSPS) is 16.6. The molecule has 0 spiro atoms. The zero-order valence-corrected chi connectivity index (χ0v) is 17.4. The van der Waals surface area contributed by atoms with Crippen molar-refractivity contribution in [1.29, 1.82) is 0 Å². The van der Waals surface area contributed by atoms with Gasteiger partial charge in [0, 0.05) is 39.3 Å². The van der Waals surface area contributed by atoms with Crippen LogP contribution in [0.15, 0.2) is 18.2 Å². The van der Waals surface area contributed by atoms with Crippen LogP contribution in [0, 0.1) is 0 Å². The van der Waals surface area contributed by atoms with E-state index in [1.807, 2.05) is 18.7 Å². The molecule has 0 N–H and O–H groups in total. The lowest BCUT2D eigenvalue weighted by molar-refractivity contribution is -0.132. The number of sulfonamides is 1. The summed E-state index contributed by atoms with van der Waals surface area (Å²) in [5.74, 6) is -0.0236. The van der Waals surface area contributed by atoms with Gasteiger partial charge in [-0.05, 0) is 31.5 Å². The Morgan fingerprint density at radius 2 is 1.69 bits per heavy atom. The summed E-state index contributed by atoms with van der Waals surface area (Å²) in [6.07, 6.45) is 0. The molecule has 0 unspecified atom stereocenters. The number of piperazine rings is 1. The van der Waals surface area contributed by atoms with Crippen molar-refractivity contribution in [2.75, 3.05) is 45.8 Å². The highest BCUT2D eigenvalue weighted by atomic mass is 35.5. The maximum Gasteiger partial charge on any atom is 0.236 e. The number of carbonyl (C=O) groups excluding carboxylic acids is 1. The van der Waals surface area contributed by atoms with Crippen molar-refractivity contribution in [1.82, 2.24) is 14.1 Å². The number of halogens is 2. The smallest absolute Gasteiger partial charge is 0.236 e. The molecule has 9 heteroatoms. The minimum Gasteiger partial charge on any atom is -0.342 e. The van der Waals surface area contributed by atoms with Crippen LogP contribution >= 0.6 is 23.2 Å². The second kappa shape index (κ2) is 9.37. The lowest BCUT2D eigenvalue weighted by atomic mass is 10.2. The van der Waals surface area contributed by atoms with E-state index in [0.717, 1.165) is 0 Å². The predicted octanol–water partition coefficient (Wildman–Crippen LogP) is 2.31. The number of hydrogen-bond donors (Lipinski definition) is 0. The number of rotatable bonds is 7. The van der Waals surface area contributed by atoms with Gasteiger partial charge in [-0.25, -0.2) is 8.42 Å². The van der Waals surface area contributed by atoms with Gasteiger partial charge in [0.2, 0.25) is 15.9 Å². The van der Waals surface area contributed by atoms with Crippen LogP contribution in [0.1, 0.15) is 19.4 Å². The van der Waals surface area contributed by atoms with E-state index in [0.29, 0.717) is 61.4 Å². The summed E-state index contributed by atoms with van der Waals surface area (Å²) in [5.41, 5.74) is 0.610. The van der Waals surface area contributed by atoms with E-state index in [1.165, 1.54) is 4.31 Å². The summed E-state index contributed by atoms with van der Waals surface area (Å²) in [7, 11) is -3.43. The first-order valence-corrected chi connectivity index (χ1v) is 11.0. The SMILES string of the molecule is CCN(CC)C(=O)CN1CCN(S(=O)(=O)Cc2ccc(Cl)c(Cl)c2)CC1. The molecule has 0 radical (unpaired) electrons. The molecule has 2 rings (SSSR count). The topological polar surface area (TPSA) is 60.9 Å². The molecule has 1 aliphatic heterocycles. The molecule has 1 aromatic rings. The highest BCUT2D eigenvalue weighted by Gasteiger charge is 2.28. The van der Waals surface area contributed by atoms with E-state index in [-0.39, 0.29) is 11.7 Å². The van der Waals surface area contributed by atoms with Gasteiger partial charge < -0.3 is 4.90 Å². The van der Waals surface area contributed by atoms with Crippen molar-refractivity contribution in [3.63, 3.8) is 0 Å². The quantitative estimate of drug-likeness (QED) is 0.677. The molecule has 0 saturated carbocycles. The Bertz CT molecular complexity index is 731. The molecule has 0 aliphatic carbocycles. The van der Waals surface area contributed by atoms with Crippen molar-refractivity contribution in [3.8, 4) is 0 Å². The largest absolute Gasteiger partial charge is 0.342 e. The summed E-state index contributed by atoms with van der Waals surface area (Å²) in [4.78, 5) is 16.0. The van der Waals surface area contributed by atoms with Gasteiger partial charge in [0.15, 0.2) is 0 Å². The van der Waals surface area contributed by atoms with Crippen LogP contribution in [0.25, 0.3) is 0 Å². The second-order valence-electron chi connectivity index (χ2n) is 6.25. The molecule has 1 saturated heterocycles. The summed E-state index contributed by atoms with van der Waals surface area (Å²) in [6, 6.07) is 4.86. The van der Waals surface area contributed by atoms with Crippen LogP contribution in [0.5, 0.6) is 0 Å². The van der Waals surface area contributed by atoms with Gasteiger partial charge in [0.25, 0.3) is 0 Å². The average molecular weight is 422 g/mol. The first-order chi connectivity index (χ1) is 12.3. The summed E-state index contributed by atoms with van der Waals surface area (Å²) >= 11 is 11.8. The maximum absolute atomic E-state index is 12.6. The highest BCUT2D eigenvalue weighted by molar-refractivity contribution is 7.88. The molecular formula is C17H25Cl2N3O3S. The van der Waals surface area contributed by atoms with Crippen molar-refractivity contribution < 1.29 is 13.2 Å². The summed E-state index contributed by atoms with van der Waals surface area (Å²) < 4.78 is 26.8. The zero-order valence-electron chi connectivity index (χ0n) is 15.1. The molecule has 26 heavy (non-hydrogen) atoms. The standard InChI is InChI=1S/C17H25Cl2N3O3S/c1-3-21(4-2)17(23)12-20-7-9-22(10-8-20)26(24,25)13-14-5-6-15(18)16(19)11-14/h5-6,11H,3-4,7-10,12-13H2,1-2H3. The Kier molecular flexibility index (Phi) is 7.73. The first kappa shape index (κ1) is 21.4. The number of likely N-dealkylation sites (N-methyl/N-ethyl adjacent to an activating group) is 1. The lowest BCUT2D eigenvalue weighted by Crippen LogP contribution is -2.51. The van der Waals surface area contributed by atoms with E-state index in [1.54, 1.807) is 23.1 Å². The Labute approximate surface area is 165 Å². The zero-order chi connectivity index (χ0) is 19.3. The Balaban J connectivity index is 1.91. The molecule has 1 fully saturated rings. The summed E-state index contributed by atoms with van der Waals surface area (Å²) in [6.45, 7) is 7.48.